The Labute approximate surface area is 58.9 Å². The molecule has 0 aromatic carbocycles. The Balaban J connectivity index is 0. The van der Waals surface area contributed by atoms with Crippen molar-refractivity contribution < 1.29 is 9.90 Å². The van der Waals surface area contributed by atoms with Crippen molar-refractivity contribution in [2.75, 3.05) is 5.75 Å². The molecule has 0 saturated carbocycles. The average molecular weight is 155 g/mol. The number of aliphatic carboxylic acids is 1. The summed E-state index contributed by atoms with van der Waals surface area (Å²) in [6.45, 7) is 0. The van der Waals surface area contributed by atoms with Crippen molar-refractivity contribution in [3.8, 4) is 0 Å². The average Bonchev–Trinajstić information content (AvgIpc) is 1.65. The molecule has 50 valence electrons. The first kappa shape index (κ1) is 11.0. The molecule has 0 aliphatic rings. The molecule has 1 atom stereocenters. The summed E-state index contributed by atoms with van der Waals surface area (Å²) < 4.78 is 0. The van der Waals surface area contributed by atoms with Crippen molar-refractivity contribution in [1.29, 1.82) is 0 Å². The third kappa shape index (κ3) is 4.29. The molecule has 1 unspecified atom stereocenters. The minimum Gasteiger partial charge on any atom is -0.549 e. The molecule has 8 heavy (non-hydrogen) atoms. The molecule has 0 amide bonds. The summed E-state index contributed by atoms with van der Waals surface area (Å²) in [5, 5.41) is 8.96. The van der Waals surface area contributed by atoms with E-state index in [9.17, 15) is 9.90 Å². The minimum absolute atomic E-state index is 0. The molecule has 0 spiro atoms. The number of carbonyl (C=O) groups is 1. The fraction of sp³-hybridized carbons (Fsp3) is 0.667. The number of carboxylic acid groups (broad SMARTS) is 1. The number of carbonyl (C=O) groups excluding carboxylic acids is 1. The molecule has 0 rings (SSSR count). The Morgan fingerprint density at radius 1 is 1.75 bits per heavy atom. The van der Waals surface area contributed by atoms with Crippen LogP contribution in [0.25, 0.3) is 0 Å². The maximum absolute atomic E-state index is 9.69. The SMILES string of the molecule is O=C([O-])C(S)CS.[NH4+]. The Bertz CT molecular complexity index is 77.7. The highest BCUT2D eigenvalue weighted by Gasteiger charge is 1.96. The predicted octanol–water partition coefficient (Wildman–Crippen LogP) is -0.659. The summed E-state index contributed by atoms with van der Waals surface area (Å²) in [5.41, 5.74) is 0. The molecule has 0 aliphatic heterocycles. The van der Waals surface area contributed by atoms with Crippen molar-refractivity contribution >= 4 is 31.2 Å². The lowest BCUT2D eigenvalue weighted by molar-refractivity contribution is -0.304. The first-order chi connectivity index (χ1) is 3.18. The van der Waals surface area contributed by atoms with Gasteiger partial charge in [0.1, 0.15) is 0 Å². The van der Waals surface area contributed by atoms with Crippen molar-refractivity contribution in [3.63, 3.8) is 0 Å². The third-order valence-electron chi connectivity index (χ3n) is 0.445. The van der Waals surface area contributed by atoms with Gasteiger partial charge in [0.2, 0.25) is 0 Å². The second-order valence-electron chi connectivity index (χ2n) is 1.02. The molecule has 0 saturated heterocycles. The topological polar surface area (TPSA) is 76.6 Å². The van der Waals surface area contributed by atoms with Gasteiger partial charge in [-0.2, -0.15) is 25.3 Å². The second-order valence-corrected chi connectivity index (χ2v) is 2.01. The van der Waals surface area contributed by atoms with Gasteiger partial charge >= 0.3 is 0 Å². The number of thiol groups is 2. The Kier molecular flexibility index (Phi) is 7.25. The van der Waals surface area contributed by atoms with Crippen molar-refractivity contribution in [2.45, 2.75) is 5.25 Å². The summed E-state index contributed by atoms with van der Waals surface area (Å²) in [4.78, 5) is 9.69. The van der Waals surface area contributed by atoms with Crippen LogP contribution in [0.15, 0.2) is 0 Å². The van der Waals surface area contributed by atoms with Crippen LogP contribution in [0, 0.1) is 0 Å². The number of hydrogen-bond acceptors (Lipinski definition) is 4. The van der Waals surface area contributed by atoms with Crippen molar-refractivity contribution in [2.24, 2.45) is 0 Å². The molecule has 0 aromatic heterocycles. The number of rotatable bonds is 2. The lowest BCUT2D eigenvalue weighted by Crippen LogP contribution is -2.32. The van der Waals surface area contributed by atoms with E-state index in [1.807, 2.05) is 0 Å². The highest BCUT2D eigenvalue weighted by Crippen LogP contribution is 1.93. The van der Waals surface area contributed by atoms with Crippen molar-refractivity contribution in [1.82, 2.24) is 6.15 Å². The van der Waals surface area contributed by atoms with Gasteiger partial charge in [0.25, 0.3) is 0 Å². The van der Waals surface area contributed by atoms with Crippen LogP contribution >= 0.6 is 25.3 Å². The zero-order valence-corrected chi connectivity index (χ0v) is 6.28. The van der Waals surface area contributed by atoms with Crippen LogP contribution in [-0.4, -0.2) is 17.0 Å². The van der Waals surface area contributed by atoms with Gasteiger partial charge in [-0.1, -0.05) is 0 Å². The van der Waals surface area contributed by atoms with E-state index < -0.39 is 11.2 Å². The predicted molar refractivity (Wildman–Crippen MR) is 37.6 cm³/mol. The van der Waals surface area contributed by atoms with Crippen LogP contribution in [0.1, 0.15) is 0 Å². The maximum Gasteiger partial charge on any atom is 0.0550 e. The molecule has 0 aromatic rings. The summed E-state index contributed by atoms with van der Waals surface area (Å²) in [6.07, 6.45) is 0. The van der Waals surface area contributed by atoms with Crippen LogP contribution in [0.2, 0.25) is 0 Å². The number of hydrogen-bond donors (Lipinski definition) is 3. The molecule has 0 heterocycles. The van der Waals surface area contributed by atoms with Crippen LogP contribution in [0.3, 0.4) is 0 Å². The van der Waals surface area contributed by atoms with Crippen LogP contribution < -0.4 is 11.3 Å². The highest BCUT2D eigenvalue weighted by atomic mass is 32.1. The molecule has 0 radical (unpaired) electrons. The molecule has 4 N–H and O–H groups in total. The first-order valence-electron chi connectivity index (χ1n) is 1.68. The van der Waals surface area contributed by atoms with E-state index in [2.05, 4.69) is 25.3 Å². The van der Waals surface area contributed by atoms with E-state index in [0.717, 1.165) is 0 Å². The molecular weight excluding hydrogens is 146 g/mol. The third-order valence-corrected chi connectivity index (χ3v) is 1.49. The molecule has 0 fully saturated rings. The zero-order chi connectivity index (χ0) is 5.86. The minimum atomic E-state index is -1.17. The van der Waals surface area contributed by atoms with E-state index in [1.165, 1.54) is 0 Å². The molecule has 3 nitrogen and oxygen atoms in total. The van der Waals surface area contributed by atoms with E-state index >= 15 is 0 Å². The maximum atomic E-state index is 9.69. The normalized spacial score (nSPS) is 11.8. The quantitative estimate of drug-likeness (QED) is 0.463. The Morgan fingerprint density at radius 2 is 2.12 bits per heavy atom. The fourth-order valence-electron chi connectivity index (χ4n) is 0.0745. The van der Waals surface area contributed by atoms with Gasteiger partial charge in [0.15, 0.2) is 0 Å². The van der Waals surface area contributed by atoms with Gasteiger partial charge in [-0.15, -0.1) is 0 Å². The zero-order valence-electron chi connectivity index (χ0n) is 4.50. The molecular formula is C3H9NO2S2. The van der Waals surface area contributed by atoms with E-state index in [1.54, 1.807) is 0 Å². The fourth-order valence-corrected chi connectivity index (χ4v) is 0.224. The first-order valence-corrected chi connectivity index (χ1v) is 2.83. The summed E-state index contributed by atoms with van der Waals surface area (Å²) in [7, 11) is 0. The summed E-state index contributed by atoms with van der Waals surface area (Å²) >= 11 is 7.24. The lowest BCUT2D eigenvalue weighted by atomic mass is 10.5. The smallest absolute Gasteiger partial charge is 0.0550 e. The van der Waals surface area contributed by atoms with Crippen LogP contribution in [0.5, 0.6) is 0 Å². The van der Waals surface area contributed by atoms with E-state index in [0.29, 0.717) is 0 Å². The van der Waals surface area contributed by atoms with Crippen molar-refractivity contribution in [3.05, 3.63) is 0 Å². The largest absolute Gasteiger partial charge is 0.549 e. The van der Waals surface area contributed by atoms with Gasteiger partial charge in [0.05, 0.1) is 11.2 Å². The Morgan fingerprint density at radius 3 is 2.12 bits per heavy atom. The lowest BCUT2D eigenvalue weighted by Gasteiger charge is -2.05. The standard InChI is InChI=1S/C3H6O2S2.H3N/c4-3(5)2(7)1-6;/h2,6-7H,1H2,(H,4,5);1H3. The number of carboxylic acids is 1. The number of quaternary nitrogens is 1. The summed E-state index contributed by atoms with van der Waals surface area (Å²) in [6, 6.07) is 0. The van der Waals surface area contributed by atoms with E-state index in [4.69, 9.17) is 0 Å². The second kappa shape index (κ2) is 5.27. The van der Waals surface area contributed by atoms with Gasteiger partial charge in [0, 0.05) is 5.75 Å². The van der Waals surface area contributed by atoms with Crippen LogP contribution in [-0.2, 0) is 4.79 Å². The monoisotopic (exact) mass is 155 g/mol. The summed E-state index contributed by atoms with van der Waals surface area (Å²) in [5.74, 6) is -0.954. The van der Waals surface area contributed by atoms with Crippen LogP contribution in [0.4, 0.5) is 0 Å². The molecule has 5 heteroatoms. The molecule has 0 aliphatic carbocycles. The highest BCUT2D eigenvalue weighted by molar-refractivity contribution is 7.85. The molecule has 0 bridgehead atoms. The van der Waals surface area contributed by atoms with E-state index in [-0.39, 0.29) is 11.9 Å². The van der Waals surface area contributed by atoms with Gasteiger partial charge in [-0.05, 0) is 0 Å². The Hall–Kier alpha value is 0.130. The van der Waals surface area contributed by atoms with Gasteiger partial charge < -0.3 is 16.1 Å². The van der Waals surface area contributed by atoms with Gasteiger partial charge in [-0.3, -0.25) is 0 Å². The van der Waals surface area contributed by atoms with Gasteiger partial charge in [-0.25, -0.2) is 0 Å².